The van der Waals surface area contributed by atoms with Crippen LogP contribution in [-0.2, 0) is 0 Å². The molecule has 0 saturated carbocycles. The third-order valence-corrected chi connectivity index (χ3v) is 3.26. The van der Waals surface area contributed by atoms with Gasteiger partial charge < -0.3 is 10.4 Å². The largest absolute Gasteiger partial charge is 0.387 e. The van der Waals surface area contributed by atoms with Crippen molar-refractivity contribution in [1.29, 1.82) is 0 Å². The first-order valence-electron chi connectivity index (χ1n) is 6.74. The highest BCUT2D eigenvalue weighted by Gasteiger charge is 2.12. The van der Waals surface area contributed by atoms with Crippen LogP contribution in [0.3, 0.4) is 0 Å². The predicted octanol–water partition coefficient (Wildman–Crippen LogP) is 2.37. The lowest BCUT2D eigenvalue weighted by Crippen LogP contribution is -2.28. The smallest absolute Gasteiger partial charge is 0.269 e. The number of benzene rings is 2. The molecule has 0 fully saturated rings. The van der Waals surface area contributed by atoms with Crippen LogP contribution in [-0.4, -0.2) is 22.5 Å². The van der Waals surface area contributed by atoms with Crippen molar-refractivity contribution in [3.05, 3.63) is 75.3 Å². The Hall–Kier alpha value is -2.73. The third kappa shape index (κ3) is 3.89. The number of carbonyl (C=O) groups is 1. The van der Waals surface area contributed by atoms with E-state index in [1.54, 1.807) is 12.1 Å². The highest BCUT2D eigenvalue weighted by Crippen LogP contribution is 2.17. The Balaban J connectivity index is 1.94. The summed E-state index contributed by atoms with van der Waals surface area (Å²) in [6.45, 7) is 1.96. The zero-order valence-corrected chi connectivity index (χ0v) is 12.0. The van der Waals surface area contributed by atoms with E-state index >= 15 is 0 Å². The Morgan fingerprint density at radius 2 is 1.77 bits per heavy atom. The van der Waals surface area contributed by atoms with Gasteiger partial charge >= 0.3 is 0 Å². The Morgan fingerprint density at radius 1 is 1.18 bits per heavy atom. The summed E-state index contributed by atoms with van der Waals surface area (Å²) >= 11 is 0. The standard InChI is InChI=1S/C16H16N2O4/c1-11-2-4-13(5-3-11)16(20)17-10-15(19)12-6-8-14(9-7-12)18(21)22/h2-9,15,19H,10H2,1H3,(H,17,20). The number of aliphatic hydroxyl groups is 1. The lowest BCUT2D eigenvalue weighted by Gasteiger charge is -2.12. The summed E-state index contributed by atoms with van der Waals surface area (Å²) in [5, 5.41) is 23.2. The maximum absolute atomic E-state index is 11.9. The highest BCUT2D eigenvalue weighted by atomic mass is 16.6. The number of nitrogens with zero attached hydrogens (tertiary/aromatic N) is 1. The van der Waals surface area contributed by atoms with Crippen molar-refractivity contribution in [2.24, 2.45) is 0 Å². The van der Waals surface area contributed by atoms with E-state index in [2.05, 4.69) is 5.32 Å². The first-order valence-corrected chi connectivity index (χ1v) is 6.74. The Kier molecular flexibility index (Phi) is 4.85. The molecule has 0 heterocycles. The molecule has 0 saturated heterocycles. The summed E-state index contributed by atoms with van der Waals surface area (Å²) in [5.74, 6) is -0.277. The van der Waals surface area contributed by atoms with E-state index in [1.165, 1.54) is 24.3 Å². The number of carbonyl (C=O) groups excluding carboxylic acids is 1. The van der Waals surface area contributed by atoms with Gasteiger partial charge in [0.1, 0.15) is 0 Å². The fourth-order valence-electron chi connectivity index (χ4n) is 1.93. The number of nitrogens with one attached hydrogen (secondary N) is 1. The zero-order valence-electron chi connectivity index (χ0n) is 12.0. The van der Waals surface area contributed by atoms with Crippen LogP contribution in [0.15, 0.2) is 48.5 Å². The molecule has 2 aromatic rings. The number of hydrogen-bond acceptors (Lipinski definition) is 4. The predicted molar refractivity (Wildman–Crippen MR) is 81.6 cm³/mol. The molecule has 1 unspecified atom stereocenters. The van der Waals surface area contributed by atoms with Crippen molar-refractivity contribution in [1.82, 2.24) is 5.32 Å². The number of hydrogen-bond donors (Lipinski definition) is 2. The van der Waals surface area contributed by atoms with Gasteiger partial charge in [0.2, 0.25) is 0 Å². The van der Waals surface area contributed by atoms with E-state index in [-0.39, 0.29) is 18.1 Å². The molecule has 0 aliphatic rings. The molecule has 22 heavy (non-hydrogen) atoms. The second-order valence-electron chi connectivity index (χ2n) is 4.94. The van der Waals surface area contributed by atoms with Gasteiger partial charge in [0.15, 0.2) is 0 Å². The van der Waals surface area contributed by atoms with E-state index < -0.39 is 11.0 Å². The third-order valence-electron chi connectivity index (χ3n) is 3.26. The molecular formula is C16H16N2O4. The quantitative estimate of drug-likeness (QED) is 0.655. The van der Waals surface area contributed by atoms with Crippen LogP contribution in [0.25, 0.3) is 0 Å². The topological polar surface area (TPSA) is 92.5 Å². The summed E-state index contributed by atoms with van der Waals surface area (Å²) in [5.41, 5.74) is 2.04. The fraction of sp³-hybridized carbons (Fsp3) is 0.188. The van der Waals surface area contributed by atoms with Crippen molar-refractivity contribution < 1.29 is 14.8 Å². The van der Waals surface area contributed by atoms with Crippen molar-refractivity contribution in [2.45, 2.75) is 13.0 Å². The van der Waals surface area contributed by atoms with Gasteiger partial charge in [-0.25, -0.2) is 0 Å². The van der Waals surface area contributed by atoms with E-state index in [0.29, 0.717) is 11.1 Å². The normalized spacial score (nSPS) is 11.7. The van der Waals surface area contributed by atoms with Crippen molar-refractivity contribution >= 4 is 11.6 Å². The van der Waals surface area contributed by atoms with E-state index in [0.717, 1.165) is 5.56 Å². The van der Waals surface area contributed by atoms with Crippen LogP contribution in [0.2, 0.25) is 0 Å². The lowest BCUT2D eigenvalue weighted by atomic mass is 10.1. The second kappa shape index (κ2) is 6.82. The number of rotatable bonds is 5. The van der Waals surface area contributed by atoms with Crippen molar-refractivity contribution in [3.8, 4) is 0 Å². The molecule has 0 radical (unpaired) electrons. The summed E-state index contributed by atoms with van der Waals surface area (Å²) in [4.78, 5) is 22.0. The minimum atomic E-state index is -0.921. The SMILES string of the molecule is Cc1ccc(C(=O)NCC(O)c2ccc([N+](=O)[O-])cc2)cc1. The molecule has 2 N–H and O–H groups in total. The van der Waals surface area contributed by atoms with Gasteiger partial charge in [-0.3, -0.25) is 14.9 Å². The maximum Gasteiger partial charge on any atom is 0.269 e. The van der Waals surface area contributed by atoms with E-state index in [4.69, 9.17) is 0 Å². The van der Waals surface area contributed by atoms with Crippen LogP contribution in [0, 0.1) is 17.0 Å². The van der Waals surface area contributed by atoms with Crippen LogP contribution in [0.1, 0.15) is 27.6 Å². The number of nitro groups is 1. The van der Waals surface area contributed by atoms with Gasteiger partial charge in [-0.15, -0.1) is 0 Å². The Labute approximate surface area is 127 Å². The zero-order chi connectivity index (χ0) is 16.1. The van der Waals surface area contributed by atoms with Crippen molar-refractivity contribution in [3.63, 3.8) is 0 Å². The molecule has 6 nitrogen and oxygen atoms in total. The first-order chi connectivity index (χ1) is 10.5. The van der Waals surface area contributed by atoms with E-state index in [9.17, 15) is 20.0 Å². The number of amides is 1. The Bertz CT molecular complexity index is 666. The molecule has 114 valence electrons. The molecule has 2 aromatic carbocycles. The molecule has 1 amide bonds. The first kappa shape index (κ1) is 15.7. The molecule has 6 heteroatoms. The lowest BCUT2D eigenvalue weighted by molar-refractivity contribution is -0.384. The highest BCUT2D eigenvalue weighted by molar-refractivity contribution is 5.94. The summed E-state index contributed by atoms with van der Waals surface area (Å²) in [6, 6.07) is 12.7. The average molecular weight is 300 g/mol. The fourth-order valence-corrected chi connectivity index (χ4v) is 1.93. The summed E-state index contributed by atoms with van der Waals surface area (Å²) < 4.78 is 0. The molecular weight excluding hydrogens is 284 g/mol. The van der Waals surface area contributed by atoms with Crippen LogP contribution < -0.4 is 5.32 Å². The molecule has 0 aromatic heterocycles. The summed E-state index contributed by atoms with van der Waals surface area (Å²) in [7, 11) is 0. The van der Waals surface area contributed by atoms with Gasteiger partial charge in [-0.2, -0.15) is 0 Å². The van der Waals surface area contributed by atoms with Gasteiger partial charge in [0, 0.05) is 24.2 Å². The van der Waals surface area contributed by atoms with E-state index in [1.807, 2.05) is 19.1 Å². The van der Waals surface area contributed by atoms with Crippen LogP contribution in [0.5, 0.6) is 0 Å². The van der Waals surface area contributed by atoms with Crippen LogP contribution >= 0.6 is 0 Å². The molecule has 2 rings (SSSR count). The maximum atomic E-state index is 11.9. The van der Waals surface area contributed by atoms with Gasteiger partial charge in [0.25, 0.3) is 11.6 Å². The number of nitro benzene ring substituents is 1. The monoisotopic (exact) mass is 300 g/mol. The second-order valence-corrected chi connectivity index (χ2v) is 4.94. The molecule has 0 spiro atoms. The molecule has 1 atom stereocenters. The van der Waals surface area contributed by atoms with Gasteiger partial charge in [-0.05, 0) is 36.8 Å². The number of aryl methyl sites for hydroxylation is 1. The summed E-state index contributed by atoms with van der Waals surface area (Å²) in [6.07, 6.45) is -0.921. The number of non-ortho nitro benzene ring substituents is 1. The van der Waals surface area contributed by atoms with Gasteiger partial charge in [0.05, 0.1) is 11.0 Å². The Morgan fingerprint density at radius 3 is 2.32 bits per heavy atom. The average Bonchev–Trinajstić information content (AvgIpc) is 2.53. The van der Waals surface area contributed by atoms with Crippen LogP contribution in [0.4, 0.5) is 5.69 Å². The van der Waals surface area contributed by atoms with Gasteiger partial charge in [-0.1, -0.05) is 17.7 Å². The molecule has 0 aliphatic heterocycles. The number of aliphatic hydroxyl groups excluding tert-OH is 1. The minimum absolute atomic E-state index is 0.0323. The van der Waals surface area contributed by atoms with Crippen molar-refractivity contribution in [2.75, 3.05) is 6.54 Å². The minimum Gasteiger partial charge on any atom is -0.387 e. The molecule has 0 bridgehead atoms. The molecule has 0 aliphatic carbocycles.